The fourth-order valence-electron chi connectivity index (χ4n) is 4.68. The molecule has 2 unspecified atom stereocenters. The first-order valence-corrected chi connectivity index (χ1v) is 16.0. The third-order valence-corrected chi connectivity index (χ3v) is 10.4. The normalized spacial score (nSPS) is 18.1. The number of hydrogen-bond acceptors (Lipinski definition) is 11. The van der Waals surface area contributed by atoms with E-state index in [1.54, 1.807) is 24.3 Å². The van der Waals surface area contributed by atoms with Crippen LogP contribution < -0.4 is 14.2 Å². The van der Waals surface area contributed by atoms with Crippen LogP contribution in [0.15, 0.2) is 89.2 Å². The van der Waals surface area contributed by atoms with Crippen LogP contribution in [0.3, 0.4) is 0 Å². The van der Waals surface area contributed by atoms with E-state index < -0.39 is 32.4 Å². The Balaban J connectivity index is 1.64. The highest BCUT2D eigenvalue weighted by Crippen LogP contribution is 2.50. The van der Waals surface area contributed by atoms with Gasteiger partial charge < -0.3 is 9.47 Å². The summed E-state index contributed by atoms with van der Waals surface area (Å²) in [5, 5.41) is 18.1. The summed E-state index contributed by atoms with van der Waals surface area (Å²) in [6.07, 6.45) is 3.72. The molecule has 0 amide bonds. The molecule has 2 atom stereocenters. The summed E-state index contributed by atoms with van der Waals surface area (Å²) in [6, 6.07) is 12.2. The minimum Gasteiger partial charge on any atom is -0.497 e. The van der Waals surface area contributed by atoms with E-state index in [4.69, 9.17) is 9.47 Å². The number of rotatable bonds is 10. The smallest absolute Gasteiger partial charge is 0.416 e. The van der Waals surface area contributed by atoms with Crippen LogP contribution in [0.1, 0.15) is 11.1 Å². The molecule has 2 heterocycles. The average Bonchev–Trinajstić information content (AvgIpc) is 3.53. The van der Waals surface area contributed by atoms with Crippen molar-refractivity contribution in [2.24, 2.45) is 5.92 Å². The van der Waals surface area contributed by atoms with Crippen LogP contribution in [0.25, 0.3) is 11.1 Å². The fraction of sp³-hybridized carbons (Fsp3) is 0.207. The lowest BCUT2D eigenvalue weighted by Gasteiger charge is -2.36. The maximum atomic E-state index is 13.8. The summed E-state index contributed by atoms with van der Waals surface area (Å²) in [4.78, 5) is 4.08. The number of allylic oxidation sites excluding steroid dienone is 2. The molecule has 1 aliphatic rings. The van der Waals surface area contributed by atoms with Crippen molar-refractivity contribution < 1.29 is 31.1 Å². The number of anilines is 1. The standard InChI is InChI=1S/C29H23F3N6O4S3/c1-41-22-5-3-18(25(13-22)42-2)14-28(9-7-23(11-21(28)15-33)45(39,40)38-27-34-17-37-44-27)43-26-6-4-20(29(30,31)32)12-24(26)19-8-10-35-36-16-19/h3-13,16-17,21H,14H2,1-2H3,(H,34,37,38). The second kappa shape index (κ2) is 12.9. The Bertz CT molecular complexity index is 1900. The van der Waals surface area contributed by atoms with Gasteiger partial charge in [-0.05, 0) is 60.0 Å². The number of hydrogen-bond donors (Lipinski definition) is 1. The largest absolute Gasteiger partial charge is 0.497 e. The number of ether oxygens (including phenoxy) is 2. The zero-order valence-corrected chi connectivity index (χ0v) is 26.0. The number of halogens is 3. The van der Waals surface area contributed by atoms with E-state index >= 15 is 0 Å². The number of sulfonamides is 1. The minimum absolute atomic E-state index is 0.0485. The van der Waals surface area contributed by atoms with Crippen molar-refractivity contribution in [2.45, 2.75) is 22.2 Å². The zero-order valence-electron chi connectivity index (χ0n) is 23.5. The van der Waals surface area contributed by atoms with Gasteiger partial charge in [0.25, 0.3) is 10.0 Å². The highest BCUT2D eigenvalue weighted by Gasteiger charge is 2.42. The Kier molecular flexibility index (Phi) is 9.14. The van der Waals surface area contributed by atoms with Gasteiger partial charge in [0.1, 0.15) is 17.8 Å². The van der Waals surface area contributed by atoms with Crippen LogP contribution in [0, 0.1) is 17.2 Å². The van der Waals surface area contributed by atoms with Gasteiger partial charge in [-0.2, -0.15) is 33.0 Å². The topological polar surface area (TPSA) is 140 Å². The minimum atomic E-state index is -4.61. The predicted molar refractivity (Wildman–Crippen MR) is 163 cm³/mol. The highest BCUT2D eigenvalue weighted by atomic mass is 32.2. The zero-order chi connectivity index (χ0) is 32.2. The Hall–Kier alpha value is -4.46. The first kappa shape index (κ1) is 31.9. The molecule has 0 radical (unpaired) electrons. The number of nitrogens with one attached hydrogen (secondary N) is 1. The molecular formula is C29H23F3N6O4S3. The number of aromatic nitrogens is 4. The summed E-state index contributed by atoms with van der Waals surface area (Å²) >= 11 is 1.98. The first-order chi connectivity index (χ1) is 21.5. The Morgan fingerprint density at radius 2 is 1.96 bits per heavy atom. The van der Waals surface area contributed by atoms with E-state index in [-0.39, 0.29) is 22.0 Å². The number of nitrogens with zero attached hydrogens (tertiary/aromatic N) is 5. The summed E-state index contributed by atoms with van der Waals surface area (Å²) < 4.78 is 83.7. The molecule has 45 heavy (non-hydrogen) atoms. The molecular weight excluding hydrogens is 650 g/mol. The number of thioether (sulfide) groups is 1. The van der Waals surface area contributed by atoms with Crippen molar-refractivity contribution in [1.29, 1.82) is 5.26 Å². The third kappa shape index (κ3) is 6.95. The monoisotopic (exact) mass is 672 g/mol. The Morgan fingerprint density at radius 3 is 2.60 bits per heavy atom. The highest BCUT2D eigenvalue weighted by molar-refractivity contribution is 8.01. The molecule has 10 nitrogen and oxygen atoms in total. The average molecular weight is 673 g/mol. The van der Waals surface area contributed by atoms with Crippen molar-refractivity contribution in [3.05, 3.63) is 95.4 Å². The molecule has 0 bridgehead atoms. The van der Waals surface area contributed by atoms with Crippen LogP contribution in [0.2, 0.25) is 0 Å². The molecule has 0 saturated carbocycles. The molecule has 0 spiro atoms. The van der Waals surface area contributed by atoms with E-state index in [0.29, 0.717) is 27.5 Å². The molecule has 16 heteroatoms. The van der Waals surface area contributed by atoms with E-state index in [0.717, 1.165) is 35.4 Å². The van der Waals surface area contributed by atoms with Crippen LogP contribution in [0.5, 0.6) is 11.5 Å². The Labute approximate surface area is 264 Å². The maximum Gasteiger partial charge on any atom is 0.416 e. The van der Waals surface area contributed by atoms with Crippen molar-refractivity contribution in [3.8, 4) is 28.7 Å². The molecule has 5 rings (SSSR count). The van der Waals surface area contributed by atoms with Gasteiger partial charge in [-0.15, -0.1) is 11.8 Å². The van der Waals surface area contributed by atoms with Crippen molar-refractivity contribution in [1.82, 2.24) is 19.6 Å². The Morgan fingerprint density at radius 1 is 1.13 bits per heavy atom. The van der Waals surface area contributed by atoms with E-state index in [1.807, 2.05) is 0 Å². The molecule has 2 aromatic heterocycles. The quantitative estimate of drug-likeness (QED) is 0.209. The molecule has 2 aromatic carbocycles. The maximum absolute atomic E-state index is 13.8. The lowest BCUT2D eigenvalue weighted by Crippen LogP contribution is -2.36. The summed E-state index contributed by atoms with van der Waals surface area (Å²) in [5.74, 6) is -0.101. The van der Waals surface area contributed by atoms with Gasteiger partial charge in [0.05, 0.1) is 53.8 Å². The lowest BCUT2D eigenvalue weighted by atomic mass is 9.83. The number of nitriles is 1. The number of alkyl halides is 3. The second-order valence-corrected chi connectivity index (χ2v) is 13.5. The molecule has 1 N–H and O–H groups in total. The molecule has 0 aliphatic heterocycles. The van der Waals surface area contributed by atoms with Crippen molar-refractivity contribution in [2.75, 3.05) is 18.9 Å². The van der Waals surface area contributed by atoms with Crippen molar-refractivity contribution in [3.63, 3.8) is 0 Å². The lowest BCUT2D eigenvalue weighted by molar-refractivity contribution is -0.137. The van der Waals surface area contributed by atoms with Gasteiger partial charge in [-0.1, -0.05) is 12.1 Å². The molecule has 1 aliphatic carbocycles. The first-order valence-electron chi connectivity index (χ1n) is 13.0. The SMILES string of the molecule is COc1ccc(CC2(Sc3ccc(C(F)(F)F)cc3-c3ccnnc3)C=CC(S(=O)(=O)Nc3ncns3)=CC2C#N)c(OC)c1. The summed E-state index contributed by atoms with van der Waals surface area (Å²) in [7, 11) is -1.17. The van der Waals surface area contributed by atoms with Gasteiger partial charge in [0, 0.05) is 28.1 Å². The van der Waals surface area contributed by atoms with Gasteiger partial charge in [0.15, 0.2) is 0 Å². The third-order valence-electron chi connectivity index (χ3n) is 6.88. The van der Waals surface area contributed by atoms with Gasteiger partial charge >= 0.3 is 6.18 Å². The van der Waals surface area contributed by atoms with Crippen LogP contribution >= 0.6 is 23.3 Å². The second-order valence-electron chi connectivity index (χ2n) is 9.61. The molecule has 232 valence electrons. The van der Waals surface area contributed by atoms with Crippen LogP contribution in [0.4, 0.5) is 18.3 Å². The van der Waals surface area contributed by atoms with E-state index in [1.165, 1.54) is 57.2 Å². The summed E-state index contributed by atoms with van der Waals surface area (Å²) in [6.45, 7) is 0. The molecule has 4 aromatic rings. The van der Waals surface area contributed by atoms with Gasteiger partial charge in [-0.3, -0.25) is 4.72 Å². The van der Waals surface area contributed by atoms with Crippen molar-refractivity contribution >= 4 is 38.4 Å². The number of benzene rings is 2. The van der Waals surface area contributed by atoms with E-state index in [2.05, 4.69) is 30.3 Å². The summed E-state index contributed by atoms with van der Waals surface area (Å²) in [5.41, 5.74) is 0.387. The van der Waals surface area contributed by atoms with E-state index in [9.17, 15) is 26.9 Å². The molecule has 0 saturated heterocycles. The number of methoxy groups -OCH3 is 2. The van der Waals surface area contributed by atoms with Gasteiger partial charge in [0.2, 0.25) is 5.13 Å². The fourth-order valence-corrected chi connectivity index (χ4v) is 7.85. The molecule has 0 fully saturated rings. The van der Waals surface area contributed by atoms with Crippen LogP contribution in [-0.4, -0.2) is 46.9 Å². The van der Waals surface area contributed by atoms with Crippen LogP contribution in [-0.2, 0) is 22.6 Å². The predicted octanol–water partition coefficient (Wildman–Crippen LogP) is 6.14. The van der Waals surface area contributed by atoms with Gasteiger partial charge in [-0.25, -0.2) is 13.4 Å².